The minimum Gasteiger partial charge on any atom is -0.507 e. The highest BCUT2D eigenvalue weighted by Gasteiger charge is 2.29. The van der Waals surface area contributed by atoms with Crippen LogP contribution in [0.1, 0.15) is 20.7 Å². The van der Waals surface area contributed by atoms with E-state index in [1.807, 2.05) is 60.7 Å². The maximum Gasteiger partial charge on any atom is 0.344 e. The predicted molar refractivity (Wildman–Crippen MR) is 152 cm³/mol. The molecule has 0 radical (unpaired) electrons. The average Bonchev–Trinajstić information content (AvgIpc) is 2.96. The number of hydrogen-bond acceptors (Lipinski definition) is 6. The normalized spacial score (nSPS) is 12.7. The third-order valence-electron chi connectivity index (χ3n) is 7.21. The highest BCUT2D eigenvalue weighted by Crippen LogP contribution is 2.48. The van der Waals surface area contributed by atoms with Crippen molar-refractivity contribution in [3.8, 4) is 45.3 Å². The van der Waals surface area contributed by atoms with Gasteiger partial charge in [-0.2, -0.15) is 0 Å². The highest BCUT2D eigenvalue weighted by atomic mass is 16.5. The van der Waals surface area contributed by atoms with E-state index in [0.29, 0.717) is 11.1 Å². The van der Waals surface area contributed by atoms with E-state index in [1.165, 1.54) is 36.4 Å². The van der Waals surface area contributed by atoms with Gasteiger partial charge in [-0.25, -0.2) is 9.59 Å². The molecule has 6 heteroatoms. The number of phenols is 2. The van der Waals surface area contributed by atoms with Crippen molar-refractivity contribution < 1.29 is 29.3 Å². The zero-order valence-corrected chi connectivity index (χ0v) is 20.9. The number of esters is 2. The first-order chi connectivity index (χ1) is 19.5. The Labute approximate surface area is 228 Å². The van der Waals surface area contributed by atoms with Crippen molar-refractivity contribution in [2.75, 3.05) is 0 Å². The van der Waals surface area contributed by atoms with Gasteiger partial charge in [-0.1, -0.05) is 72.8 Å². The Kier molecular flexibility index (Phi) is 5.28. The fourth-order valence-corrected chi connectivity index (χ4v) is 5.44. The van der Waals surface area contributed by atoms with E-state index in [4.69, 9.17) is 9.47 Å². The Balaban J connectivity index is 1.63. The quantitative estimate of drug-likeness (QED) is 0.158. The van der Waals surface area contributed by atoms with E-state index in [0.717, 1.165) is 21.5 Å². The van der Waals surface area contributed by atoms with Crippen LogP contribution in [0.5, 0.6) is 23.0 Å². The largest absolute Gasteiger partial charge is 0.507 e. The molecule has 0 aliphatic carbocycles. The lowest BCUT2D eigenvalue weighted by molar-refractivity contribution is 0.0721. The molecule has 7 rings (SSSR count). The minimum atomic E-state index is -0.683. The number of carbonyl (C=O) groups is 2. The average molecular weight is 525 g/mol. The van der Waals surface area contributed by atoms with Gasteiger partial charge in [0.15, 0.2) is 0 Å². The number of benzene rings is 6. The van der Waals surface area contributed by atoms with Crippen molar-refractivity contribution in [2.24, 2.45) is 0 Å². The first kappa shape index (κ1) is 23.5. The van der Waals surface area contributed by atoms with Crippen LogP contribution in [-0.2, 0) is 0 Å². The molecule has 1 heterocycles. The van der Waals surface area contributed by atoms with Crippen LogP contribution in [0.3, 0.4) is 0 Å². The summed E-state index contributed by atoms with van der Waals surface area (Å²) in [7, 11) is 0. The second kappa shape index (κ2) is 8.99. The summed E-state index contributed by atoms with van der Waals surface area (Å²) in [6, 6.07) is 31.1. The topological polar surface area (TPSA) is 93.1 Å². The van der Waals surface area contributed by atoms with Crippen molar-refractivity contribution in [2.45, 2.75) is 0 Å². The van der Waals surface area contributed by atoms with Crippen LogP contribution < -0.4 is 9.47 Å². The molecule has 0 saturated heterocycles. The van der Waals surface area contributed by atoms with Crippen LogP contribution in [-0.4, -0.2) is 22.2 Å². The Morgan fingerprint density at radius 1 is 0.425 bits per heavy atom. The molecule has 40 heavy (non-hydrogen) atoms. The van der Waals surface area contributed by atoms with Gasteiger partial charge in [0.1, 0.15) is 23.0 Å². The van der Waals surface area contributed by atoms with Crippen LogP contribution in [0.25, 0.3) is 43.8 Å². The van der Waals surface area contributed by atoms with E-state index >= 15 is 0 Å². The zero-order valence-electron chi connectivity index (χ0n) is 20.9. The lowest BCUT2D eigenvalue weighted by Crippen LogP contribution is -2.15. The molecule has 0 aromatic heterocycles. The van der Waals surface area contributed by atoms with Gasteiger partial charge in [-0.05, 0) is 57.9 Å². The van der Waals surface area contributed by atoms with Crippen molar-refractivity contribution in [1.82, 2.24) is 0 Å². The van der Waals surface area contributed by atoms with Crippen LogP contribution in [0.4, 0.5) is 0 Å². The lowest BCUT2D eigenvalue weighted by Gasteiger charge is -2.21. The number of carbonyl (C=O) groups excluding carboxylic acids is 2. The van der Waals surface area contributed by atoms with E-state index in [9.17, 15) is 19.8 Å². The Morgan fingerprint density at radius 3 is 1.30 bits per heavy atom. The fraction of sp³-hybridized carbons (Fsp3) is 0. The van der Waals surface area contributed by atoms with Crippen LogP contribution >= 0.6 is 0 Å². The number of rotatable bonds is 0. The molecule has 0 bridgehead atoms. The highest BCUT2D eigenvalue weighted by molar-refractivity contribution is 6.18. The second-order valence-corrected chi connectivity index (χ2v) is 9.50. The minimum absolute atomic E-state index is 0.00150. The van der Waals surface area contributed by atoms with Gasteiger partial charge in [-0.3, -0.25) is 0 Å². The Hall–Kier alpha value is -5.62. The summed E-state index contributed by atoms with van der Waals surface area (Å²) in [5, 5.41) is 25.0. The van der Waals surface area contributed by atoms with Crippen LogP contribution in [0.2, 0.25) is 0 Å². The number of hydrogen-bond donors (Lipinski definition) is 2. The first-order valence-corrected chi connectivity index (χ1v) is 12.6. The smallest absolute Gasteiger partial charge is 0.344 e. The van der Waals surface area contributed by atoms with Crippen molar-refractivity contribution in [1.29, 1.82) is 0 Å². The number of ether oxygens (including phenoxy) is 2. The predicted octanol–water partition coefficient (Wildman–Crippen LogP) is 7.49. The van der Waals surface area contributed by atoms with E-state index in [-0.39, 0.29) is 45.3 Å². The summed E-state index contributed by atoms with van der Waals surface area (Å²) >= 11 is 0. The molecule has 6 aromatic carbocycles. The van der Waals surface area contributed by atoms with E-state index in [2.05, 4.69) is 0 Å². The summed E-state index contributed by atoms with van der Waals surface area (Å²) in [5.74, 6) is -1.88. The molecule has 6 nitrogen and oxygen atoms in total. The summed E-state index contributed by atoms with van der Waals surface area (Å²) in [5.41, 5.74) is 1.58. The van der Waals surface area contributed by atoms with Gasteiger partial charge < -0.3 is 19.7 Å². The molecule has 0 amide bonds. The standard InChI is InChI=1S/C34H20O6/c35-25-11-5-13-27-31(25)32-26(36)12-6-14-28(32)40-34(38)24-18-16-20-8-2-4-10-22(20)30(24)29-21-9-3-1-7-19(21)15-17-23(29)33(37)39-27/h1-18,35-36H. The molecule has 192 valence electrons. The molecule has 0 spiro atoms. The monoisotopic (exact) mass is 524 g/mol. The summed E-state index contributed by atoms with van der Waals surface area (Å²) < 4.78 is 11.9. The Bertz CT molecular complexity index is 1880. The van der Waals surface area contributed by atoms with Crippen molar-refractivity contribution in [3.05, 3.63) is 120 Å². The van der Waals surface area contributed by atoms with Gasteiger partial charge in [0.25, 0.3) is 0 Å². The molecule has 6 aromatic rings. The zero-order chi connectivity index (χ0) is 27.4. The summed E-state index contributed by atoms with van der Waals surface area (Å²) in [6.07, 6.45) is 0. The fourth-order valence-electron chi connectivity index (χ4n) is 5.44. The molecule has 1 aliphatic rings. The van der Waals surface area contributed by atoms with Crippen molar-refractivity contribution >= 4 is 33.5 Å². The molecule has 0 saturated carbocycles. The van der Waals surface area contributed by atoms with Crippen LogP contribution in [0.15, 0.2) is 109 Å². The van der Waals surface area contributed by atoms with E-state index in [1.54, 1.807) is 12.1 Å². The number of aromatic hydroxyl groups is 2. The third kappa shape index (κ3) is 3.58. The molecule has 2 N–H and O–H groups in total. The van der Waals surface area contributed by atoms with Crippen LogP contribution in [0, 0.1) is 0 Å². The molecule has 0 fully saturated rings. The summed E-state index contributed by atoms with van der Waals surface area (Å²) in [4.78, 5) is 28.0. The maximum atomic E-state index is 14.0. The molecular weight excluding hydrogens is 504 g/mol. The SMILES string of the molecule is O=C1Oc2cccc(O)c2-c2c(O)cccc2OC(=O)c2ccc3ccccc3c2-c2c1ccc1ccccc21. The van der Waals surface area contributed by atoms with Gasteiger partial charge in [0, 0.05) is 11.1 Å². The molecule has 1 aliphatic heterocycles. The first-order valence-electron chi connectivity index (χ1n) is 12.6. The van der Waals surface area contributed by atoms with Gasteiger partial charge >= 0.3 is 11.9 Å². The molecule has 0 unspecified atom stereocenters. The third-order valence-corrected chi connectivity index (χ3v) is 7.21. The molecule has 0 atom stereocenters. The number of fused-ring (bicyclic) bond motifs is 10. The summed E-state index contributed by atoms with van der Waals surface area (Å²) in [6.45, 7) is 0. The van der Waals surface area contributed by atoms with Gasteiger partial charge in [-0.15, -0.1) is 0 Å². The van der Waals surface area contributed by atoms with E-state index < -0.39 is 11.9 Å². The lowest BCUT2D eigenvalue weighted by atomic mass is 9.87. The Morgan fingerprint density at radius 2 is 0.850 bits per heavy atom. The number of phenolic OH excluding ortho intramolecular Hbond substituents is 2. The van der Waals surface area contributed by atoms with Gasteiger partial charge in [0.05, 0.1) is 22.3 Å². The molecular formula is C34H20O6. The second-order valence-electron chi connectivity index (χ2n) is 9.50. The van der Waals surface area contributed by atoms with Crippen molar-refractivity contribution in [3.63, 3.8) is 0 Å². The van der Waals surface area contributed by atoms with Gasteiger partial charge in [0.2, 0.25) is 0 Å². The maximum absolute atomic E-state index is 14.0.